The largest absolute Gasteiger partial charge is 0.503 e. The van der Waals surface area contributed by atoms with E-state index in [-0.39, 0.29) is 24.4 Å². The number of halogens is 3. The molecule has 3 aliphatic rings. The van der Waals surface area contributed by atoms with Crippen molar-refractivity contribution < 1.29 is 32.6 Å². The van der Waals surface area contributed by atoms with E-state index < -0.39 is 64.3 Å². The van der Waals surface area contributed by atoms with E-state index in [4.69, 9.17) is 4.74 Å². The average molecular weight is 449 g/mol. The molecule has 2 aromatic rings. The lowest BCUT2D eigenvalue weighted by molar-refractivity contribution is -0.132. The summed E-state index contributed by atoms with van der Waals surface area (Å²) in [6.45, 7) is -0.538. The summed E-state index contributed by atoms with van der Waals surface area (Å²) in [4.78, 5) is 39.7. The fourth-order valence-corrected chi connectivity index (χ4v) is 4.72. The maximum atomic E-state index is 13.8. The number of nitrogens with zero attached hydrogens (tertiary/aromatic N) is 2. The highest BCUT2D eigenvalue weighted by Crippen LogP contribution is 2.38. The van der Waals surface area contributed by atoms with E-state index in [2.05, 4.69) is 5.32 Å². The van der Waals surface area contributed by atoms with Gasteiger partial charge in [0.2, 0.25) is 5.43 Å². The average Bonchev–Trinajstić information content (AvgIpc) is 3.10. The first kappa shape index (κ1) is 20.6. The van der Waals surface area contributed by atoms with E-state index in [1.54, 1.807) is 0 Å². The number of hydrogen-bond acceptors (Lipinski definition) is 5. The summed E-state index contributed by atoms with van der Waals surface area (Å²) in [5.74, 6) is -5.93. The molecule has 0 spiro atoms. The van der Waals surface area contributed by atoms with Crippen molar-refractivity contribution in [2.75, 3.05) is 0 Å². The molecule has 2 aliphatic heterocycles. The molecule has 168 valence electrons. The van der Waals surface area contributed by atoms with Crippen molar-refractivity contribution in [1.29, 1.82) is 0 Å². The van der Waals surface area contributed by atoms with E-state index in [1.807, 2.05) is 0 Å². The van der Waals surface area contributed by atoms with Gasteiger partial charge in [-0.1, -0.05) is 0 Å². The SMILES string of the molecule is O=C(NCc1c(F)cc(F)cc1F)c1cn2c(c(O)c1=O)C(=O)N1C3CC[C@H](C3)O[C@@H]1C2. The molecule has 0 radical (unpaired) electrons. The van der Waals surface area contributed by atoms with Crippen LogP contribution in [0.1, 0.15) is 45.7 Å². The first-order valence-electron chi connectivity index (χ1n) is 10.1. The molecule has 5 rings (SSSR count). The van der Waals surface area contributed by atoms with Crippen LogP contribution in [0.3, 0.4) is 0 Å². The third-order valence-corrected chi connectivity index (χ3v) is 6.23. The minimum atomic E-state index is -1.19. The topological polar surface area (TPSA) is 101 Å². The molecule has 1 saturated carbocycles. The third-order valence-electron chi connectivity index (χ3n) is 6.23. The van der Waals surface area contributed by atoms with Crippen LogP contribution in [0, 0.1) is 17.5 Å². The number of rotatable bonds is 3. The second-order valence-electron chi connectivity index (χ2n) is 8.14. The smallest absolute Gasteiger partial charge is 0.276 e. The van der Waals surface area contributed by atoms with Gasteiger partial charge in [-0.05, 0) is 19.3 Å². The number of aromatic hydroxyl groups is 1. The van der Waals surface area contributed by atoms with Gasteiger partial charge in [0.05, 0.1) is 12.6 Å². The molecule has 3 heterocycles. The second kappa shape index (κ2) is 7.37. The number of pyridine rings is 1. The molecule has 2 amide bonds. The molecule has 2 N–H and O–H groups in total. The number of amides is 2. The zero-order valence-corrected chi connectivity index (χ0v) is 16.6. The fraction of sp³-hybridized carbons (Fsp3) is 0.381. The van der Waals surface area contributed by atoms with Crippen LogP contribution in [-0.2, 0) is 17.8 Å². The number of aromatic nitrogens is 1. The van der Waals surface area contributed by atoms with Crippen LogP contribution in [0.2, 0.25) is 0 Å². The Bertz CT molecular complexity index is 1190. The summed E-state index contributed by atoms with van der Waals surface area (Å²) in [6, 6.07) is 0.912. The fourth-order valence-electron chi connectivity index (χ4n) is 4.72. The van der Waals surface area contributed by atoms with Crippen molar-refractivity contribution in [3.63, 3.8) is 0 Å². The van der Waals surface area contributed by atoms with Crippen LogP contribution >= 0.6 is 0 Å². The van der Waals surface area contributed by atoms with E-state index in [9.17, 15) is 32.7 Å². The molecule has 8 nitrogen and oxygen atoms in total. The molecule has 1 aromatic heterocycles. The first-order chi connectivity index (χ1) is 15.2. The summed E-state index contributed by atoms with van der Waals surface area (Å²) in [6.07, 6.45) is 2.86. The van der Waals surface area contributed by atoms with Crippen LogP contribution in [0.4, 0.5) is 13.2 Å². The van der Waals surface area contributed by atoms with Gasteiger partial charge in [0.15, 0.2) is 17.7 Å². The van der Waals surface area contributed by atoms with Gasteiger partial charge in [-0.25, -0.2) is 13.2 Å². The van der Waals surface area contributed by atoms with Crippen molar-refractivity contribution in [2.45, 2.75) is 50.7 Å². The van der Waals surface area contributed by atoms with E-state index in [1.165, 1.54) is 9.47 Å². The Morgan fingerprint density at radius 2 is 1.91 bits per heavy atom. The lowest BCUT2D eigenvalue weighted by atomic mass is 10.1. The van der Waals surface area contributed by atoms with Crippen LogP contribution in [0.5, 0.6) is 5.75 Å². The number of benzene rings is 1. The van der Waals surface area contributed by atoms with Gasteiger partial charge in [0, 0.05) is 36.5 Å². The molecule has 32 heavy (non-hydrogen) atoms. The number of fused-ring (bicyclic) bond motifs is 5. The van der Waals surface area contributed by atoms with Crippen molar-refractivity contribution >= 4 is 11.8 Å². The maximum Gasteiger partial charge on any atom is 0.276 e. The Morgan fingerprint density at radius 1 is 1.19 bits per heavy atom. The molecular weight excluding hydrogens is 431 g/mol. The molecule has 11 heteroatoms. The summed E-state index contributed by atoms with van der Waals surface area (Å²) < 4.78 is 47.9. The predicted octanol–water partition coefficient (Wildman–Crippen LogP) is 1.63. The highest BCUT2D eigenvalue weighted by atomic mass is 19.1. The van der Waals surface area contributed by atoms with E-state index in [0.29, 0.717) is 18.6 Å². The third kappa shape index (κ3) is 3.15. The summed E-state index contributed by atoms with van der Waals surface area (Å²) in [5.41, 5.74) is -2.40. The Hall–Kier alpha value is -3.34. The Morgan fingerprint density at radius 3 is 2.62 bits per heavy atom. The van der Waals surface area contributed by atoms with Gasteiger partial charge in [-0.3, -0.25) is 14.4 Å². The Labute approximate surface area is 179 Å². The van der Waals surface area contributed by atoms with Crippen LogP contribution in [0.25, 0.3) is 0 Å². The monoisotopic (exact) mass is 449 g/mol. The summed E-state index contributed by atoms with van der Waals surface area (Å²) in [5, 5.41) is 12.6. The predicted molar refractivity (Wildman–Crippen MR) is 102 cm³/mol. The van der Waals surface area contributed by atoms with Gasteiger partial charge in [-0.15, -0.1) is 0 Å². The lowest BCUT2D eigenvalue weighted by Gasteiger charge is -2.44. The van der Waals surface area contributed by atoms with E-state index in [0.717, 1.165) is 19.0 Å². The molecule has 3 atom stereocenters. The number of carbonyl (C=O) groups excluding carboxylic acids is 2. The van der Waals surface area contributed by atoms with Crippen molar-refractivity contribution in [3.05, 3.63) is 62.8 Å². The Balaban J connectivity index is 1.44. The molecular formula is C21H18F3N3O5. The van der Waals surface area contributed by atoms with Gasteiger partial charge in [-0.2, -0.15) is 0 Å². The van der Waals surface area contributed by atoms with Crippen LogP contribution in [-0.4, -0.2) is 44.8 Å². The van der Waals surface area contributed by atoms with Gasteiger partial charge in [0.25, 0.3) is 11.8 Å². The van der Waals surface area contributed by atoms with Gasteiger partial charge >= 0.3 is 0 Å². The maximum absolute atomic E-state index is 13.8. The summed E-state index contributed by atoms with van der Waals surface area (Å²) >= 11 is 0. The summed E-state index contributed by atoms with van der Waals surface area (Å²) in [7, 11) is 0. The van der Waals surface area contributed by atoms with Crippen molar-refractivity contribution in [1.82, 2.24) is 14.8 Å². The normalized spacial score (nSPS) is 23.7. The molecule has 2 fully saturated rings. The van der Waals surface area contributed by atoms with Crippen molar-refractivity contribution in [2.24, 2.45) is 0 Å². The zero-order chi connectivity index (χ0) is 22.7. The standard InChI is InChI=1S/C21H18F3N3O5/c22-9-3-14(23)12(15(24)4-9)6-25-20(30)13-7-26-8-16-27(10-1-2-11(5-10)32-16)21(31)17(26)19(29)18(13)28/h3-4,7,10-11,16,29H,1-2,5-6,8H2,(H,25,30)/t10?,11-,16-/m1/s1. The molecule has 1 saturated heterocycles. The minimum absolute atomic E-state index is 0.0296. The lowest BCUT2D eigenvalue weighted by Crippen LogP contribution is -2.57. The molecule has 1 aromatic carbocycles. The highest BCUT2D eigenvalue weighted by Gasteiger charge is 2.47. The number of hydrogen-bond donors (Lipinski definition) is 2. The second-order valence-corrected chi connectivity index (χ2v) is 8.14. The molecule has 1 unspecified atom stereocenters. The minimum Gasteiger partial charge on any atom is -0.503 e. The first-order valence-corrected chi connectivity index (χ1v) is 10.1. The number of ether oxygens (including phenoxy) is 1. The van der Waals surface area contributed by atoms with Gasteiger partial charge < -0.3 is 24.6 Å². The van der Waals surface area contributed by atoms with Crippen LogP contribution in [0.15, 0.2) is 23.1 Å². The number of nitrogens with one attached hydrogen (secondary N) is 1. The highest BCUT2D eigenvalue weighted by molar-refractivity contribution is 5.99. The van der Waals surface area contributed by atoms with Gasteiger partial charge in [0.1, 0.15) is 23.0 Å². The quantitative estimate of drug-likeness (QED) is 0.742. The van der Waals surface area contributed by atoms with Crippen LogP contribution < -0.4 is 10.7 Å². The molecule has 2 bridgehead atoms. The van der Waals surface area contributed by atoms with Crippen molar-refractivity contribution in [3.8, 4) is 5.75 Å². The zero-order valence-electron chi connectivity index (χ0n) is 16.6. The number of carbonyl (C=O) groups is 2. The molecule has 1 aliphatic carbocycles. The Kier molecular flexibility index (Phi) is 4.73. The van der Waals surface area contributed by atoms with E-state index >= 15 is 0 Å².